The number of hydrogen-bond donors (Lipinski definition) is 2. The molecule has 0 aliphatic rings. The molecule has 0 saturated carbocycles. The van der Waals surface area contributed by atoms with E-state index < -0.39 is 0 Å². The maximum Gasteiger partial charge on any atom is 0.244 e. The molecule has 3 amide bonds. The van der Waals surface area contributed by atoms with E-state index >= 15 is 0 Å². The molecule has 0 heterocycles. The van der Waals surface area contributed by atoms with E-state index in [9.17, 15) is 14.4 Å². The van der Waals surface area contributed by atoms with E-state index in [0.29, 0.717) is 23.7 Å². The van der Waals surface area contributed by atoms with Gasteiger partial charge in [-0.15, -0.1) is 11.8 Å². The Labute approximate surface area is 188 Å². The highest BCUT2D eigenvalue weighted by atomic mass is 79.9. The van der Waals surface area contributed by atoms with Crippen molar-refractivity contribution < 1.29 is 19.1 Å². The lowest BCUT2D eigenvalue weighted by molar-refractivity contribution is -0.132. The van der Waals surface area contributed by atoms with E-state index in [0.717, 1.165) is 4.47 Å². The van der Waals surface area contributed by atoms with Crippen LogP contribution in [0.2, 0.25) is 0 Å². The summed E-state index contributed by atoms with van der Waals surface area (Å²) in [7, 11) is 1.52. The Kier molecular flexibility index (Phi) is 9.69. The summed E-state index contributed by atoms with van der Waals surface area (Å²) >= 11 is 4.56. The number of para-hydroxylation sites is 2. The molecule has 160 valence electrons. The first-order valence-electron chi connectivity index (χ1n) is 9.26. The topological polar surface area (TPSA) is 87.7 Å². The van der Waals surface area contributed by atoms with E-state index in [-0.39, 0.29) is 35.8 Å². The van der Waals surface area contributed by atoms with Gasteiger partial charge in [0.1, 0.15) is 5.75 Å². The molecule has 30 heavy (non-hydrogen) atoms. The molecule has 0 atom stereocenters. The average Bonchev–Trinajstić information content (AvgIpc) is 2.72. The fourth-order valence-electron chi connectivity index (χ4n) is 2.57. The zero-order valence-electron chi connectivity index (χ0n) is 16.8. The van der Waals surface area contributed by atoms with Crippen LogP contribution in [-0.2, 0) is 14.4 Å². The van der Waals surface area contributed by atoms with Crippen LogP contribution in [0.15, 0.2) is 53.0 Å². The molecule has 0 aliphatic heterocycles. The standard InChI is InChI=1S/C21H24BrN3O4S/c1-3-25(12-19(26)24-17-9-4-5-10-18(17)29-2)21(28)14-30-13-20(27)23-16-8-6-7-15(22)11-16/h4-11H,3,12-14H2,1-2H3,(H,23,27)(H,24,26). The van der Waals surface area contributed by atoms with Crippen LogP contribution < -0.4 is 15.4 Å². The van der Waals surface area contributed by atoms with Crippen molar-refractivity contribution in [1.82, 2.24) is 4.90 Å². The fourth-order valence-corrected chi connectivity index (χ4v) is 3.69. The number of ether oxygens (including phenoxy) is 1. The smallest absolute Gasteiger partial charge is 0.244 e. The van der Waals surface area contributed by atoms with Gasteiger partial charge in [-0.25, -0.2) is 0 Å². The summed E-state index contributed by atoms with van der Waals surface area (Å²) in [5, 5.41) is 5.53. The third-order valence-electron chi connectivity index (χ3n) is 4.02. The average molecular weight is 494 g/mol. The zero-order valence-corrected chi connectivity index (χ0v) is 19.2. The molecule has 0 bridgehead atoms. The van der Waals surface area contributed by atoms with Crippen molar-refractivity contribution in [1.29, 1.82) is 0 Å². The van der Waals surface area contributed by atoms with Gasteiger partial charge in [-0.3, -0.25) is 14.4 Å². The Balaban J connectivity index is 1.78. The number of nitrogens with zero attached hydrogens (tertiary/aromatic N) is 1. The van der Waals surface area contributed by atoms with Crippen molar-refractivity contribution in [3.8, 4) is 5.75 Å². The molecule has 0 fully saturated rings. The fraction of sp³-hybridized carbons (Fsp3) is 0.286. The number of methoxy groups -OCH3 is 1. The summed E-state index contributed by atoms with van der Waals surface area (Å²) < 4.78 is 6.08. The maximum atomic E-state index is 12.4. The number of anilines is 2. The molecule has 0 spiro atoms. The second-order valence-electron chi connectivity index (χ2n) is 6.21. The molecule has 2 rings (SSSR count). The van der Waals surface area contributed by atoms with Gasteiger partial charge >= 0.3 is 0 Å². The molecule has 7 nitrogen and oxygen atoms in total. The van der Waals surface area contributed by atoms with Gasteiger partial charge in [0.15, 0.2) is 0 Å². The lowest BCUT2D eigenvalue weighted by Crippen LogP contribution is -2.39. The Morgan fingerprint density at radius 3 is 2.50 bits per heavy atom. The largest absolute Gasteiger partial charge is 0.495 e. The number of hydrogen-bond acceptors (Lipinski definition) is 5. The molecule has 0 aromatic heterocycles. The number of thioether (sulfide) groups is 1. The van der Waals surface area contributed by atoms with Gasteiger partial charge in [-0.1, -0.05) is 34.1 Å². The van der Waals surface area contributed by atoms with E-state index in [4.69, 9.17) is 4.74 Å². The Hall–Kier alpha value is -2.52. The molecular formula is C21H24BrN3O4S. The van der Waals surface area contributed by atoms with Gasteiger partial charge in [-0.05, 0) is 37.3 Å². The van der Waals surface area contributed by atoms with Crippen LogP contribution in [0.25, 0.3) is 0 Å². The van der Waals surface area contributed by atoms with Crippen LogP contribution in [0, 0.1) is 0 Å². The van der Waals surface area contributed by atoms with E-state index in [1.807, 2.05) is 12.1 Å². The Morgan fingerprint density at radius 2 is 1.80 bits per heavy atom. The molecule has 0 unspecified atom stereocenters. The summed E-state index contributed by atoms with van der Waals surface area (Å²) in [6, 6.07) is 14.3. The van der Waals surface area contributed by atoms with Gasteiger partial charge < -0.3 is 20.3 Å². The van der Waals surface area contributed by atoms with Gasteiger partial charge in [-0.2, -0.15) is 0 Å². The molecule has 0 aliphatic carbocycles. The van der Waals surface area contributed by atoms with Crippen LogP contribution in [0.1, 0.15) is 6.92 Å². The van der Waals surface area contributed by atoms with Gasteiger partial charge in [0, 0.05) is 16.7 Å². The van der Waals surface area contributed by atoms with Crippen LogP contribution in [0.5, 0.6) is 5.75 Å². The SMILES string of the molecule is CCN(CC(=O)Nc1ccccc1OC)C(=O)CSCC(=O)Nc1cccc(Br)c1. The summed E-state index contributed by atoms with van der Waals surface area (Å²) in [6.07, 6.45) is 0. The summed E-state index contributed by atoms with van der Waals surface area (Å²) in [5.74, 6) is 0.0976. The molecule has 2 aromatic rings. The number of carbonyl (C=O) groups excluding carboxylic acids is 3. The Morgan fingerprint density at radius 1 is 1.03 bits per heavy atom. The lowest BCUT2D eigenvalue weighted by Gasteiger charge is -2.20. The van der Waals surface area contributed by atoms with Crippen LogP contribution in [0.4, 0.5) is 11.4 Å². The van der Waals surface area contributed by atoms with Crippen LogP contribution in [-0.4, -0.2) is 54.3 Å². The van der Waals surface area contributed by atoms with Gasteiger partial charge in [0.05, 0.1) is 30.8 Å². The lowest BCUT2D eigenvalue weighted by atomic mass is 10.3. The molecule has 2 N–H and O–H groups in total. The number of benzene rings is 2. The molecule has 0 radical (unpaired) electrons. The van der Waals surface area contributed by atoms with Crippen LogP contribution >= 0.6 is 27.7 Å². The minimum atomic E-state index is -0.313. The first-order valence-corrected chi connectivity index (χ1v) is 11.2. The van der Waals surface area contributed by atoms with Crippen molar-refractivity contribution in [3.05, 3.63) is 53.0 Å². The second kappa shape index (κ2) is 12.2. The molecular weight excluding hydrogens is 470 g/mol. The minimum Gasteiger partial charge on any atom is -0.495 e. The quantitative estimate of drug-likeness (QED) is 0.527. The summed E-state index contributed by atoms with van der Waals surface area (Å²) in [4.78, 5) is 38.3. The van der Waals surface area contributed by atoms with Crippen molar-refractivity contribution in [2.75, 3.05) is 42.3 Å². The van der Waals surface area contributed by atoms with Gasteiger partial charge in [0.25, 0.3) is 0 Å². The highest BCUT2D eigenvalue weighted by Gasteiger charge is 2.17. The third kappa shape index (κ3) is 7.72. The van der Waals surface area contributed by atoms with Crippen molar-refractivity contribution in [2.45, 2.75) is 6.92 Å². The van der Waals surface area contributed by atoms with Crippen molar-refractivity contribution in [3.63, 3.8) is 0 Å². The highest BCUT2D eigenvalue weighted by Crippen LogP contribution is 2.23. The number of halogens is 1. The predicted molar refractivity (Wildman–Crippen MR) is 124 cm³/mol. The normalized spacial score (nSPS) is 10.2. The van der Waals surface area contributed by atoms with Crippen molar-refractivity contribution in [2.24, 2.45) is 0 Å². The predicted octanol–water partition coefficient (Wildman–Crippen LogP) is 3.62. The first kappa shape index (κ1) is 23.8. The van der Waals surface area contributed by atoms with E-state index in [1.54, 1.807) is 43.3 Å². The summed E-state index contributed by atoms with van der Waals surface area (Å²) in [6.45, 7) is 2.13. The number of rotatable bonds is 10. The Bertz CT molecular complexity index is 894. The number of amides is 3. The first-order chi connectivity index (χ1) is 14.4. The number of carbonyl (C=O) groups is 3. The zero-order chi connectivity index (χ0) is 21.9. The van der Waals surface area contributed by atoms with E-state index in [1.165, 1.54) is 23.8 Å². The molecule has 0 saturated heterocycles. The summed E-state index contributed by atoms with van der Waals surface area (Å²) in [5.41, 5.74) is 1.23. The third-order valence-corrected chi connectivity index (χ3v) is 5.43. The number of likely N-dealkylation sites (N-methyl/N-ethyl adjacent to an activating group) is 1. The molecule has 2 aromatic carbocycles. The van der Waals surface area contributed by atoms with Gasteiger partial charge in [0.2, 0.25) is 17.7 Å². The highest BCUT2D eigenvalue weighted by molar-refractivity contribution is 9.10. The molecule has 9 heteroatoms. The maximum absolute atomic E-state index is 12.4. The van der Waals surface area contributed by atoms with Crippen LogP contribution in [0.3, 0.4) is 0 Å². The second-order valence-corrected chi connectivity index (χ2v) is 8.11. The monoisotopic (exact) mass is 493 g/mol. The van der Waals surface area contributed by atoms with E-state index in [2.05, 4.69) is 26.6 Å². The minimum absolute atomic E-state index is 0.0712. The van der Waals surface area contributed by atoms with Crippen molar-refractivity contribution >= 4 is 56.8 Å². The number of nitrogens with one attached hydrogen (secondary N) is 2.